The Morgan fingerprint density at radius 1 is 1.29 bits per heavy atom. The molecule has 1 heterocycles. The smallest absolute Gasteiger partial charge is 0.449 e. The maximum absolute atomic E-state index is 12.7. The van der Waals surface area contributed by atoms with E-state index in [-0.39, 0.29) is 0 Å². The van der Waals surface area contributed by atoms with Gasteiger partial charge in [-0.1, -0.05) is 0 Å². The van der Waals surface area contributed by atoms with Crippen LogP contribution in [0.15, 0.2) is 0 Å². The minimum absolute atomic E-state index is 0.438. The number of alkyl halides is 3. The molecule has 0 aromatic carbocycles. The molecule has 1 amide bonds. The summed E-state index contributed by atoms with van der Waals surface area (Å²) in [7, 11) is 0.939. The van der Waals surface area contributed by atoms with Crippen LogP contribution in [0.2, 0.25) is 0 Å². The van der Waals surface area contributed by atoms with E-state index in [1.807, 2.05) is 5.32 Å². The number of hydrogen-bond donors (Lipinski definition) is 2. The molecule has 0 aliphatic carbocycles. The number of halogens is 3. The number of amides is 1. The average Bonchev–Trinajstić information content (AvgIpc) is 2.53. The van der Waals surface area contributed by atoms with E-state index in [9.17, 15) is 22.8 Å². The monoisotopic (exact) mass is 309 g/mol. The Balaban J connectivity index is 3.20. The first-order valence-corrected chi connectivity index (χ1v) is 5.70. The van der Waals surface area contributed by atoms with Crippen LogP contribution in [-0.2, 0) is 18.0 Å². The van der Waals surface area contributed by atoms with Crippen LogP contribution in [0, 0.1) is 0 Å². The average molecular weight is 309 g/mol. The molecule has 0 unspecified atom stereocenters. The number of rotatable bonds is 2. The van der Waals surface area contributed by atoms with Crippen molar-refractivity contribution in [3.05, 3.63) is 11.5 Å². The Morgan fingerprint density at radius 2 is 1.81 bits per heavy atom. The minimum Gasteiger partial charge on any atom is -0.476 e. The molecule has 0 saturated heterocycles. The van der Waals surface area contributed by atoms with Crippen molar-refractivity contribution in [3.8, 4) is 0 Å². The number of anilines is 1. The Kier molecular flexibility index (Phi) is 4.21. The van der Waals surface area contributed by atoms with Crippen LogP contribution in [0.1, 0.15) is 37.1 Å². The SMILES string of the molecule is Cn1c(C(F)(F)F)nc(C(=O)O)c1NC(=O)OC(C)(C)C. The number of carboxylic acids is 1. The Labute approximate surface area is 117 Å². The predicted octanol–water partition coefficient (Wildman–Crippen LogP) is 2.48. The topological polar surface area (TPSA) is 93.5 Å². The normalized spacial score (nSPS) is 12.1. The predicted molar refractivity (Wildman–Crippen MR) is 65.0 cm³/mol. The summed E-state index contributed by atoms with van der Waals surface area (Å²) in [5, 5.41) is 10.8. The second-order valence-corrected chi connectivity index (χ2v) is 5.12. The first-order chi connectivity index (χ1) is 9.33. The van der Waals surface area contributed by atoms with Crippen molar-refractivity contribution in [2.24, 2.45) is 7.05 Å². The van der Waals surface area contributed by atoms with Crippen molar-refractivity contribution in [1.82, 2.24) is 9.55 Å². The van der Waals surface area contributed by atoms with Crippen molar-refractivity contribution in [3.63, 3.8) is 0 Å². The van der Waals surface area contributed by atoms with E-state index >= 15 is 0 Å². The zero-order valence-corrected chi connectivity index (χ0v) is 11.7. The number of nitrogens with one attached hydrogen (secondary N) is 1. The number of ether oxygens (including phenoxy) is 1. The third-order valence-corrected chi connectivity index (χ3v) is 2.17. The standard InChI is InChI=1S/C11H14F3N3O4/c1-10(2,3)21-9(20)16-6-5(7(18)19)15-8(17(6)4)11(12,13)14/h1-4H3,(H,16,20)(H,18,19). The Hall–Kier alpha value is -2.26. The molecular weight excluding hydrogens is 295 g/mol. The molecule has 1 aromatic rings. The highest BCUT2D eigenvalue weighted by Crippen LogP contribution is 2.31. The van der Waals surface area contributed by atoms with E-state index in [0.717, 1.165) is 7.05 Å². The van der Waals surface area contributed by atoms with Gasteiger partial charge in [-0.3, -0.25) is 5.32 Å². The molecule has 0 fully saturated rings. The fourth-order valence-corrected chi connectivity index (χ4v) is 1.44. The lowest BCUT2D eigenvalue weighted by Gasteiger charge is -2.20. The number of carboxylic acid groups (broad SMARTS) is 1. The third-order valence-electron chi connectivity index (χ3n) is 2.17. The molecule has 0 radical (unpaired) electrons. The number of nitrogens with zero attached hydrogens (tertiary/aromatic N) is 2. The summed E-state index contributed by atoms with van der Waals surface area (Å²) in [4.78, 5) is 25.5. The van der Waals surface area contributed by atoms with Gasteiger partial charge in [-0.25, -0.2) is 14.6 Å². The van der Waals surface area contributed by atoms with E-state index in [0.29, 0.717) is 4.57 Å². The summed E-state index contributed by atoms with van der Waals surface area (Å²) in [6.07, 6.45) is -5.94. The molecule has 2 N–H and O–H groups in total. The van der Waals surface area contributed by atoms with Gasteiger partial charge in [-0.2, -0.15) is 13.2 Å². The molecule has 1 aromatic heterocycles. The van der Waals surface area contributed by atoms with Crippen LogP contribution >= 0.6 is 0 Å². The van der Waals surface area contributed by atoms with Crippen molar-refractivity contribution >= 4 is 17.9 Å². The maximum Gasteiger partial charge on any atom is 0.449 e. The molecule has 0 aliphatic heterocycles. The second kappa shape index (κ2) is 5.26. The number of aromatic nitrogens is 2. The van der Waals surface area contributed by atoms with Gasteiger partial charge in [-0.05, 0) is 20.8 Å². The number of hydrogen-bond acceptors (Lipinski definition) is 4. The van der Waals surface area contributed by atoms with Gasteiger partial charge < -0.3 is 14.4 Å². The highest BCUT2D eigenvalue weighted by atomic mass is 19.4. The highest BCUT2D eigenvalue weighted by molar-refractivity contribution is 5.96. The van der Waals surface area contributed by atoms with E-state index < -0.39 is 41.2 Å². The van der Waals surface area contributed by atoms with Gasteiger partial charge in [-0.15, -0.1) is 0 Å². The molecule has 0 bridgehead atoms. The second-order valence-electron chi connectivity index (χ2n) is 5.12. The van der Waals surface area contributed by atoms with Crippen LogP contribution in [-0.4, -0.2) is 32.3 Å². The molecule has 118 valence electrons. The van der Waals surface area contributed by atoms with E-state index in [2.05, 4.69) is 4.98 Å². The van der Waals surface area contributed by atoms with E-state index in [4.69, 9.17) is 9.84 Å². The lowest BCUT2D eigenvalue weighted by molar-refractivity contribution is -0.146. The number of carbonyl (C=O) groups is 2. The highest BCUT2D eigenvalue weighted by Gasteiger charge is 2.39. The van der Waals surface area contributed by atoms with Gasteiger partial charge in [0.15, 0.2) is 11.5 Å². The van der Waals surface area contributed by atoms with Gasteiger partial charge in [0, 0.05) is 7.05 Å². The maximum atomic E-state index is 12.7. The Morgan fingerprint density at radius 3 is 2.19 bits per heavy atom. The van der Waals surface area contributed by atoms with Crippen LogP contribution in [0.5, 0.6) is 0 Å². The molecule has 0 atom stereocenters. The molecule has 10 heteroatoms. The number of carbonyl (C=O) groups excluding carboxylic acids is 1. The lowest BCUT2D eigenvalue weighted by atomic mass is 10.2. The van der Waals surface area contributed by atoms with Crippen molar-refractivity contribution in [1.29, 1.82) is 0 Å². The summed E-state index contributed by atoms with van der Waals surface area (Å²) in [6, 6.07) is 0. The molecule has 1 rings (SSSR count). The molecule has 0 aliphatic rings. The zero-order chi connectivity index (χ0) is 16.6. The molecule has 21 heavy (non-hydrogen) atoms. The first-order valence-electron chi connectivity index (χ1n) is 5.70. The summed E-state index contributed by atoms with van der Waals surface area (Å²) < 4.78 is 43.4. The number of imidazole rings is 1. The number of aromatic carboxylic acids is 1. The molecule has 0 saturated carbocycles. The van der Waals surface area contributed by atoms with Crippen molar-refractivity contribution < 1.29 is 32.6 Å². The van der Waals surface area contributed by atoms with Gasteiger partial charge in [0.25, 0.3) is 0 Å². The molecule has 7 nitrogen and oxygen atoms in total. The Bertz CT molecular complexity index is 572. The quantitative estimate of drug-likeness (QED) is 0.875. The van der Waals surface area contributed by atoms with Crippen molar-refractivity contribution in [2.75, 3.05) is 5.32 Å². The van der Waals surface area contributed by atoms with Gasteiger partial charge in [0.1, 0.15) is 5.60 Å². The fourth-order valence-electron chi connectivity index (χ4n) is 1.44. The van der Waals surface area contributed by atoms with Gasteiger partial charge >= 0.3 is 18.2 Å². The van der Waals surface area contributed by atoms with Crippen molar-refractivity contribution in [2.45, 2.75) is 32.5 Å². The molecule has 0 spiro atoms. The van der Waals surface area contributed by atoms with E-state index in [1.54, 1.807) is 20.8 Å². The summed E-state index contributed by atoms with van der Waals surface area (Å²) in [5.74, 6) is -3.75. The van der Waals surface area contributed by atoms with Crippen LogP contribution in [0.3, 0.4) is 0 Å². The molecular formula is C11H14F3N3O4. The van der Waals surface area contributed by atoms with Crippen LogP contribution in [0.25, 0.3) is 0 Å². The largest absolute Gasteiger partial charge is 0.476 e. The van der Waals surface area contributed by atoms with Crippen LogP contribution in [0.4, 0.5) is 23.8 Å². The zero-order valence-electron chi connectivity index (χ0n) is 11.7. The summed E-state index contributed by atoms with van der Waals surface area (Å²) in [6.45, 7) is 4.65. The van der Waals surface area contributed by atoms with Crippen LogP contribution < -0.4 is 5.32 Å². The van der Waals surface area contributed by atoms with Gasteiger partial charge in [0.2, 0.25) is 5.82 Å². The summed E-state index contributed by atoms with van der Waals surface area (Å²) in [5.41, 5.74) is -1.81. The summed E-state index contributed by atoms with van der Waals surface area (Å²) >= 11 is 0. The lowest BCUT2D eigenvalue weighted by Crippen LogP contribution is -2.28. The third kappa shape index (κ3) is 4.10. The van der Waals surface area contributed by atoms with Gasteiger partial charge in [0.05, 0.1) is 0 Å². The first kappa shape index (κ1) is 16.8. The fraction of sp³-hybridized carbons (Fsp3) is 0.545. The van der Waals surface area contributed by atoms with E-state index in [1.165, 1.54) is 0 Å². The minimum atomic E-state index is -4.85.